The summed E-state index contributed by atoms with van der Waals surface area (Å²) in [5.41, 5.74) is 2.46. The fourth-order valence-electron chi connectivity index (χ4n) is 2.10. The van der Waals surface area contributed by atoms with Crippen LogP contribution in [0.5, 0.6) is 0 Å². The van der Waals surface area contributed by atoms with Crippen LogP contribution in [0.15, 0.2) is 42.7 Å². The second-order valence-electron chi connectivity index (χ2n) is 4.25. The minimum Gasteiger partial charge on any atom is -0.370 e. The van der Waals surface area contributed by atoms with Crippen molar-refractivity contribution in [2.24, 2.45) is 0 Å². The van der Waals surface area contributed by atoms with E-state index in [-0.39, 0.29) is 5.28 Å². The Morgan fingerprint density at radius 1 is 1.21 bits per heavy atom. The summed E-state index contributed by atoms with van der Waals surface area (Å²) in [6.45, 7) is 0.801. The predicted octanol–water partition coefficient (Wildman–Crippen LogP) is 3.27. The molecule has 96 valence electrons. The van der Waals surface area contributed by atoms with Crippen LogP contribution in [0.2, 0.25) is 5.28 Å². The van der Waals surface area contributed by atoms with Gasteiger partial charge in [0.1, 0.15) is 5.82 Å². The van der Waals surface area contributed by atoms with Crippen LogP contribution >= 0.6 is 11.6 Å². The van der Waals surface area contributed by atoms with E-state index in [0.29, 0.717) is 0 Å². The van der Waals surface area contributed by atoms with Gasteiger partial charge in [-0.15, -0.1) is 0 Å². The molecule has 4 nitrogen and oxygen atoms in total. The van der Waals surface area contributed by atoms with Crippen LogP contribution in [0.3, 0.4) is 0 Å². The standard InChI is InChI=1S/C14H13ClN4/c15-14-17-8-6-13(19-14)16-7-5-10-9-18-12-4-2-1-3-11(10)12/h1-4,6,8-9,18H,5,7H2,(H,16,17,19). The average Bonchev–Trinajstić information content (AvgIpc) is 2.83. The molecule has 0 unspecified atom stereocenters. The lowest BCUT2D eigenvalue weighted by atomic mass is 10.1. The molecule has 1 aromatic carbocycles. The number of anilines is 1. The Morgan fingerprint density at radius 2 is 2.11 bits per heavy atom. The number of hydrogen-bond acceptors (Lipinski definition) is 3. The van der Waals surface area contributed by atoms with Crippen molar-refractivity contribution in [2.75, 3.05) is 11.9 Å². The molecule has 0 saturated carbocycles. The summed E-state index contributed by atoms with van der Waals surface area (Å²) in [5, 5.41) is 4.77. The molecule has 3 aromatic rings. The first-order chi connectivity index (χ1) is 9.33. The first-order valence-corrected chi connectivity index (χ1v) is 6.48. The van der Waals surface area contributed by atoms with Gasteiger partial charge in [-0.2, -0.15) is 0 Å². The predicted molar refractivity (Wildman–Crippen MR) is 77.5 cm³/mol. The minimum atomic E-state index is 0.261. The quantitative estimate of drug-likeness (QED) is 0.717. The molecule has 2 N–H and O–H groups in total. The van der Waals surface area contributed by atoms with Gasteiger partial charge < -0.3 is 10.3 Å². The molecule has 3 rings (SSSR count). The summed E-state index contributed by atoms with van der Waals surface area (Å²) in [6.07, 6.45) is 4.62. The first-order valence-electron chi connectivity index (χ1n) is 6.10. The number of aromatic nitrogens is 3. The summed E-state index contributed by atoms with van der Waals surface area (Å²) in [7, 11) is 0. The van der Waals surface area contributed by atoms with E-state index in [1.54, 1.807) is 12.3 Å². The normalized spacial score (nSPS) is 10.8. The highest BCUT2D eigenvalue weighted by molar-refractivity contribution is 6.28. The number of fused-ring (bicyclic) bond motifs is 1. The van der Waals surface area contributed by atoms with Crippen molar-refractivity contribution in [3.63, 3.8) is 0 Å². The van der Waals surface area contributed by atoms with Crippen molar-refractivity contribution in [1.82, 2.24) is 15.0 Å². The Labute approximate surface area is 115 Å². The van der Waals surface area contributed by atoms with E-state index in [0.717, 1.165) is 18.8 Å². The summed E-state index contributed by atoms with van der Waals surface area (Å²) in [4.78, 5) is 11.2. The number of H-pyrrole nitrogens is 1. The Morgan fingerprint density at radius 3 is 3.00 bits per heavy atom. The summed E-state index contributed by atoms with van der Waals surface area (Å²) in [6, 6.07) is 10.1. The molecule has 0 radical (unpaired) electrons. The molecule has 0 atom stereocenters. The Hall–Kier alpha value is -2.07. The zero-order valence-electron chi connectivity index (χ0n) is 10.2. The van der Waals surface area contributed by atoms with Crippen molar-refractivity contribution in [3.05, 3.63) is 53.6 Å². The highest BCUT2D eigenvalue weighted by Gasteiger charge is 2.02. The number of halogens is 1. The van der Waals surface area contributed by atoms with Crippen LogP contribution in [0.4, 0.5) is 5.82 Å². The number of rotatable bonds is 4. The van der Waals surface area contributed by atoms with Crippen LogP contribution < -0.4 is 5.32 Å². The maximum atomic E-state index is 5.73. The lowest BCUT2D eigenvalue weighted by Crippen LogP contribution is -2.06. The third-order valence-electron chi connectivity index (χ3n) is 3.00. The molecule has 0 spiro atoms. The van der Waals surface area contributed by atoms with E-state index in [4.69, 9.17) is 11.6 Å². The van der Waals surface area contributed by atoms with E-state index in [1.165, 1.54) is 16.5 Å². The zero-order chi connectivity index (χ0) is 13.1. The highest BCUT2D eigenvalue weighted by Crippen LogP contribution is 2.18. The van der Waals surface area contributed by atoms with Gasteiger partial charge in [-0.1, -0.05) is 18.2 Å². The van der Waals surface area contributed by atoms with E-state index in [1.807, 2.05) is 6.07 Å². The lowest BCUT2D eigenvalue weighted by Gasteiger charge is -2.04. The van der Waals surface area contributed by atoms with Gasteiger partial charge in [0.25, 0.3) is 0 Å². The van der Waals surface area contributed by atoms with Gasteiger partial charge in [0.15, 0.2) is 0 Å². The number of aromatic amines is 1. The molecular formula is C14H13ClN4. The molecule has 0 bridgehead atoms. The number of benzene rings is 1. The maximum Gasteiger partial charge on any atom is 0.224 e. The Balaban J connectivity index is 1.66. The second kappa shape index (κ2) is 5.28. The average molecular weight is 273 g/mol. The van der Waals surface area contributed by atoms with Gasteiger partial charge in [-0.05, 0) is 35.7 Å². The van der Waals surface area contributed by atoms with Gasteiger partial charge in [0.2, 0.25) is 5.28 Å². The highest BCUT2D eigenvalue weighted by atomic mass is 35.5. The van der Waals surface area contributed by atoms with Crippen molar-refractivity contribution in [1.29, 1.82) is 0 Å². The Kier molecular flexibility index (Phi) is 3.33. The molecule has 0 aliphatic rings. The maximum absolute atomic E-state index is 5.73. The fourth-order valence-corrected chi connectivity index (χ4v) is 2.24. The lowest BCUT2D eigenvalue weighted by molar-refractivity contribution is 1.01. The topological polar surface area (TPSA) is 53.6 Å². The Bertz CT molecular complexity index is 692. The molecule has 2 aromatic heterocycles. The summed E-state index contributed by atoms with van der Waals surface area (Å²) < 4.78 is 0. The fraction of sp³-hybridized carbons (Fsp3) is 0.143. The monoisotopic (exact) mass is 272 g/mol. The molecule has 0 saturated heterocycles. The molecule has 0 fully saturated rings. The molecule has 2 heterocycles. The van der Waals surface area contributed by atoms with E-state index in [2.05, 4.69) is 44.7 Å². The number of para-hydroxylation sites is 1. The van der Waals surface area contributed by atoms with E-state index < -0.39 is 0 Å². The van der Waals surface area contributed by atoms with Gasteiger partial charge in [-0.25, -0.2) is 9.97 Å². The largest absolute Gasteiger partial charge is 0.370 e. The number of hydrogen-bond donors (Lipinski definition) is 2. The zero-order valence-corrected chi connectivity index (χ0v) is 11.0. The smallest absolute Gasteiger partial charge is 0.224 e. The van der Waals surface area contributed by atoms with E-state index >= 15 is 0 Å². The SMILES string of the molecule is Clc1nccc(NCCc2c[nH]c3ccccc23)n1. The van der Waals surface area contributed by atoms with Gasteiger partial charge in [-0.3, -0.25) is 0 Å². The summed E-state index contributed by atoms with van der Waals surface area (Å²) >= 11 is 5.73. The van der Waals surface area contributed by atoms with Crippen molar-refractivity contribution in [2.45, 2.75) is 6.42 Å². The van der Waals surface area contributed by atoms with Crippen LogP contribution in [0, 0.1) is 0 Å². The van der Waals surface area contributed by atoms with Crippen molar-refractivity contribution in [3.8, 4) is 0 Å². The van der Waals surface area contributed by atoms with Crippen LogP contribution in [0.1, 0.15) is 5.56 Å². The van der Waals surface area contributed by atoms with Crippen molar-refractivity contribution < 1.29 is 0 Å². The van der Waals surface area contributed by atoms with Crippen molar-refractivity contribution >= 4 is 28.3 Å². The first kappa shape index (κ1) is 12.0. The molecule has 0 aliphatic carbocycles. The molecule has 19 heavy (non-hydrogen) atoms. The van der Waals surface area contributed by atoms with Gasteiger partial charge in [0, 0.05) is 29.8 Å². The third-order valence-corrected chi connectivity index (χ3v) is 3.18. The van der Waals surface area contributed by atoms with Crippen LogP contribution in [0.25, 0.3) is 10.9 Å². The molecular weight excluding hydrogens is 260 g/mol. The van der Waals surface area contributed by atoms with Crippen LogP contribution in [-0.2, 0) is 6.42 Å². The third kappa shape index (κ3) is 2.69. The molecule has 0 amide bonds. The summed E-state index contributed by atoms with van der Waals surface area (Å²) in [5.74, 6) is 0.750. The minimum absolute atomic E-state index is 0.261. The number of nitrogens with one attached hydrogen (secondary N) is 2. The number of nitrogens with zero attached hydrogens (tertiary/aromatic N) is 2. The van der Waals surface area contributed by atoms with Gasteiger partial charge >= 0.3 is 0 Å². The molecule has 0 aliphatic heterocycles. The van der Waals surface area contributed by atoms with E-state index in [9.17, 15) is 0 Å². The second-order valence-corrected chi connectivity index (χ2v) is 4.59. The van der Waals surface area contributed by atoms with Gasteiger partial charge in [0.05, 0.1) is 0 Å². The molecule has 5 heteroatoms. The van der Waals surface area contributed by atoms with Crippen LogP contribution in [-0.4, -0.2) is 21.5 Å².